The van der Waals surface area contributed by atoms with E-state index in [1.165, 1.54) is 28.3 Å². The zero-order valence-corrected chi connectivity index (χ0v) is 14.5. The molecule has 0 fully saturated rings. The number of carbonyl (C=O) groups is 2. The second-order valence-corrected chi connectivity index (χ2v) is 5.12. The summed E-state index contributed by atoms with van der Waals surface area (Å²) in [4.78, 5) is 23.7. The lowest BCUT2D eigenvalue weighted by Gasteiger charge is -2.16. The lowest BCUT2D eigenvalue weighted by Crippen LogP contribution is -2.14. The Morgan fingerprint density at radius 3 is 2.04 bits per heavy atom. The number of rotatable bonds is 6. The first-order valence-corrected chi connectivity index (χ1v) is 7.47. The number of benzene rings is 2. The fourth-order valence-corrected chi connectivity index (χ4v) is 2.26. The van der Waals surface area contributed by atoms with Crippen LogP contribution in [0.15, 0.2) is 36.4 Å². The predicted octanol–water partition coefficient (Wildman–Crippen LogP) is 2.92. The van der Waals surface area contributed by atoms with Crippen LogP contribution < -0.4 is 24.8 Å². The van der Waals surface area contributed by atoms with Crippen LogP contribution in [0.5, 0.6) is 17.2 Å². The van der Waals surface area contributed by atoms with Crippen molar-refractivity contribution in [2.75, 3.05) is 32.0 Å². The van der Waals surface area contributed by atoms with Gasteiger partial charge in [0, 0.05) is 30.3 Å². The van der Waals surface area contributed by atoms with Gasteiger partial charge in [-0.25, -0.2) is 0 Å². The number of amides is 2. The summed E-state index contributed by atoms with van der Waals surface area (Å²) in [6.07, 6.45) is 0. The van der Waals surface area contributed by atoms with Gasteiger partial charge in [-0.1, -0.05) is 6.07 Å². The summed E-state index contributed by atoms with van der Waals surface area (Å²) in [5.74, 6) is 0.773. The highest BCUT2D eigenvalue weighted by Gasteiger charge is 2.17. The van der Waals surface area contributed by atoms with Gasteiger partial charge in [0.2, 0.25) is 5.91 Å². The van der Waals surface area contributed by atoms with Gasteiger partial charge in [-0.2, -0.15) is 0 Å². The third-order valence-electron chi connectivity index (χ3n) is 3.40. The van der Waals surface area contributed by atoms with Crippen LogP contribution >= 0.6 is 0 Å². The second kappa shape index (κ2) is 8.05. The van der Waals surface area contributed by atoms with Crippen LogP contribution in [0.3, 0.4) is 0 Å². The molecule has 25 heavy (non-hydrogen) atoms. The summed E-state index contributed by atoms with van der Waals surface area (Å²) < 4.78 is 15.8. The molecule has 0 aliphatic rings. The number of hydrogen-bond acceptors (Lipinski definition) is 5. The first-order chi connectivity index (χ1) is 12.0. The van der Waals surface area contributed by atoms with Crippen molar-refractivity contribution in [2.45, 2.75) is 6.92 Å². The molecular weight excluding hydrogens is 324 g/mol. The van der Waals surface area contributed by atoms with Crippen molar-refractivity contribution >= 4 is 23.2 Å². The molecule has 0 heterocycles. The highest BCUT2D eigenvalue weighted by atomic mass is 16.5. The van der Waals surface area contributed by atoms with Gasteiger partial charge in [0.25, 0.3) is 5.91 Å². The predicted molar refractivity (Wildman–Crippen MR) is 94.8 cm³/mol. The number of ether oxygens (including phenoxy) is 3. The lowest BCUT2D eigenvalue weighted by atomic mass is 10.1. The number of carbonyl (C=O) groups excluding carboxylic acids is 2. The van der Waals surface area contributed by atoms with Crippen LogP contribution in [-0.2, 0) is 4.79 Å². The van der Waals surface area contributed by atoms with Crippen molar-refractivity contribution < 1.29 is 23.8 Å². The number of anilines is 2. The molecule has 0 saturated heterocycles. The summed E-state index contributed by atoms with van der Waals surface area (Å²) in [6, 6.07) is 9.90. The standard InChI is InChI=1S/C18H20N2O5/c1-11(21)19-13-7-5-6-12(8-13)18(22)20-17-15(24-3)9-14(23-2)10-16(17)25-4/h5-10H,1-4H3,(H,19,21)(H,20,22). The molecule has 0 radical (unpaired) electrons. The van der Waals surface area contributed by atoms with Gasteiger partial charge in [0.05, 0.1) is 21.3 Å². The number of methoxy groups -OCH3 is 3. The minimum Gasteiger partial charge on any atom is -0.496 e. The summed E-state index contributed by atoms with van der Waals surface area (Å²) in [5, 5.41) is 5.41. The summed E-state index contributed by atoms with van der Waals surface area (Å²) >= 11 is 0. The second-order valence-electron chi connectivity index (χ2n) is 5.12. The minimum absolute atomic E-state index is 0.212. The van der Waals surface area contributed by atoms with Crippen molar-refractivity contribution in [1.82, 2.24) is 0 Å². The van der Waals surface area contributed by atoms with Crippen LogP contribution in [0.2, 0.25) is 0 Å². The molecule has 0 aromatic heterocycles. The van der Waals surface area contributed by atoms with E-state index in [0.29, 0.717) is 34.2 Å². The largest absolute Gasteiger partial charge is 0.496 e. The maximum Gasteiger partial charge on any atom is 0.255 e. The van der Waals surface area contributed by atoms with Crippen LogP contribution in [0.25, 0.3) is 0 Å². The van der Waals surface area contributed by atoms with Crippen molar-refractivity contribution in [1.29, 1.82) is 0 Å². The van der Waals surface area contributed by atoms with Gasteiger partial charge in [0.15, 0.2) is 0 Å². The first-order valence-electron chi connectivity index (χ1n) is 7.47. The Morgan fingerprint density at radius 2 is 1.52 bits per heavy atom. The monoisotopic (exact) mass is 344 g/mol. The van der Waals surface area contributed by atoms with E-state index in [0.717, 1.165) is 0 Å². The third-order valence-corrected chi connectivity index (χ3v) is 3.40. The Kier molecular flexibility index (Phi) is 5.84. The Hall–Kier alpha value is -3.22. The highest BCUT2D eigenvalue weighted by Crippen LogP contribution is 2.39. The summed E-state index contributed by atoms with van der Waals surface area (Å²) in [5.41, 5.74) is 1.31. The molecule has 2 amide bonds. The van der Waals surface area contributed by atoms with Gasteiger partial charge < -0.3 is 24.8 Å². The zero-order valence-electron chi connectivity index (χ0n) is 14.5. The zero-order chi connectivity index (χ0) is 18.4. The molecule has 0 aliphatic heterocycles. The van der Waals surface area contributed by atoms with Gasteiger partial charge >= 0.3 is 0 Å². The van der Waals surface area contributed by atoms with Crippen molar-refractivity contribution in [3.05, 3.63) is 42.0 Å². The normalized spacial score (nSPS) is 9.92. The number of hydrogen-bond donors (Lipinski definition) is 2. The van der Waals surface area contributed by atoms with Crippen LogP contribution in [0, 0.1) is 0 Å². The van der Waals surface area contributed by atoms with Gasteiger partial charge in [0.1, 0.15) is 22.9 Å². The minimum atomic E-state index is -0.367. The van der Waals surface area contributed by atoms with Gasteiger partial charge in [-0.3, -0.25) is 9.59 Å². The van der Waals surface area contributed by atoms with E-state index in [9.17, 15) is 9.59 Å². The molecule has 2 aromatic carbocycles. The molecule has 132 valence electrons. The summed E-state index contributed by atoms with van der Waals surface area (Å²) in [7, 11) is 4.50. The third kappa shape index (κ3) is 4.41. The van der Waals surface area contributed by atoms with Gasteiger partial charge in [-0.15, -0.1) is 0 Å². The van der Waals surface area contributed by atoms with E-state index in [2.05, 4.69) is 10.6 Å². The molecule has 2 N–H and O–H groups in total. The van der Waals surface area contributed by atoms with E-state index < -0.39 is 0 Å². The Labute approximate surface area is 145 Å². The summed E-state index contributed by atoms with van der Waals surface area (Å²) in [6.45, 7) is 1.40. The molecule has 0 atom stereocenters. The molecule has 7 nitrogen and oxygen atoms in total. The Bertz CT molecular complexity index is 764. The average Bonchev–Trinajstić information content (AvgIpc) is 2.61. The SMILES string of the molecule is COc1cc(OC)c(NC(=O)c2cccc(NC(C)=O)c2)c(OC)c1. The van der Waals surface area contributed by atoms with Crippen molar-refractivity contribution in [3.63, 3.8) is 0 Å². The van der Waals surface area contributed by atoms with Crippen LogP contribution in [-0.4, -0.2) is 33.1 Å². The molecule has 7 heteroatoms. The highest BCUT2D eigenvalue weighted by molar-refractivity contribution is 6.07. The van der Waals surface area contributed by atoms with Crippen LogP contribution in [0.4, 0.5) is 11.4 Å². The molecule has 2 rings (SSSR count). The van der Waals surface area contributed by atoms with Crippen molar-refractivity contribution in [3.8, 4) is 17.2 Å². The molecule has 0 unspecified atom stereocenters. The van der Waals surface area contributed by atoms with Gasteiger partial charge in [-0.05, 0) is 18.2 Å². The molecular formula is C18H20N2O5. The van der Waals surface area contributed by atoms with Crippen molar-refractivity contribution in [2.24, 2.45) is 0 Å². The maximum atomic E-state index is 12.6. The molecule has 0 spiro atoms. The first kappa shape index (κ1) is 18.1. The fourth-order valence-electron chi connectivity index (χ4n) is 2.26. The lowest BCUT2D eigenvalue weighted by molar-refractivity contribution is -0.114. The Morgan fingerprint density at radius 1 is 0.880 bits per heavy atom. The topological polar surface area (TPSA) is 85.9 Å². The smallest absolute Gasteiger partial charge is 0.255 e. The molecule has 0 aliphatic carbocycles. The van der Waals surface area contributed by atoms with E-state index in [-0.39, 0.29) is 11.8 Å². The van der Waals surface area contributed by atoms with E-state index >= 15 is 0 Å². The van der Waals surface area contributed by atoms with E-state index in [1.54, 1.807) is 36.4 Å². The molecule has 0 saturated carbocycles. The quantitative estimate of drug-likeness (QED) is 0.841. The molecule has 2 aromatic rings. The van der Waals surface area contributed by atoms with E-state index in [4.69, 9.17) is 14.2 Å². The number of nitrogens with one attached hydrogen (secondary N) is 2. The van der Waals surface area contributed by atoms with E-state index in [1.807, 2.05) is 0 Å². The average molecular weight is 344 g/mol. The van der Waals surface area contributed by atoms with Crippen LogP contribution in [0.1, 0.15) is 17.3 Å². The maximum absolute atomic E-state index is 12.6. The Balaban J connectivity index is 2.33. The molecule has 0 bridgehead atoms. The fraction of sp³-hybridized carbons (Fsp3) is 0.222.